The summed E-state index contributed by atoms with van der Waals surface area (Å²) < 4.78 is 0. The molecule has 0 saturated carbocycles. The molecule has 0 aromatic heterocycles. The highest BCUT2D eigenvalue weighted by Crippen LogP contribution is 1.99. The number of carbonyl (C=O) groups is 1. The first-order valence-electron chi connectivity index (χ1n) is 5.22. The third kappa shape index (κ3) is 7.21. The first-order chi connectivity index (χ1) is 6.74. The normalized spacial score (nSPS) is 10.6. The van der Waals surface area contributed by atoms with Crippen LogP contribution < -0.4 is 5.32 Å². The summed E-state index contributed by atoms with van der Waals surface area (Å²) in [5.41, 5.74) is 0. The van der Waals surface area contributed by atoms with E-state index in [-0.39, 0.29) is 5.91 Å². The Labute approximate surface area is 91.6 Å². The lowest BCUT2D eigenvalue weighted by atomic mass is 10.4. The van der Waals surface area contributed by atoms with Gasteiger partial charge in [0.25, 0.3) is 0 Å². The lowest BCUT2D eigenvalue weighted by Gasteiger charge is -2.19. The molecule has 0 spiro atoms. The number of amides is 1. The molecule has 0 atom stereocenters. The summed E-state index contributed by atoms with van der Waals surface area (Å²) >= 11 is 1.76. The summed E-state index contributed by atoms with van der Waals surface area (Å²) in [6.07, 6.45) is 4.16. The largest absolute Gasteiger partial charge is 0.355 e. The van der Waals surface area contributed by atoms with Gasteiger partial charge in [0.15, 0.2) is 0 Å². The summed E-state index contributed by atoms with van der Waals surface area (Å²) in [4.78, 5) is 13.6. The zero-order valence-corrected chi connectivity index (χ0v) is 10.3. The smallest absolute Gasteiger partial charge is 0.234 e. The quantitative estimate of drug-likeness (QED) is 0.627. The van der Waals surface area contributed by atoms with E-state index in [9.17, 15) is 4.79 Å². The Kier molecular flexibility index (Phi) is 9.19. The lowest BCUT2D eigenvalue weighted by molar-refractivity contribution is -0.122. The van der Waals surface area contributed by atoms with Crippen LogP contribution >= 0.6 is 11.8 Å². The molecule has 1 amide bonds. The maximum atomic E-state index is 11.4. The Bertz CT molecular complexity index is 147. The second-order valence-corrected chi connectivity index (χ2v) is 4.16. The van der Waals surface area contributed by atoms with E-state index in [2.05, 4.69) is 30.3 Å². The Hall–Kier alpha value is -0.220. The molecule has 0 aromatic rings. The van der Waals surface area contributed by atoms with Crippen molar-refractivity contribution in [3.63, 3.8) is 0 Å². The molecular weight excluding hydrogens is 196 g/mol. The molecule has 0 fully saturated rings. The number of rotatable bonds is 8. The molecular formula is C10H22N2OS. The van der Waals surface area contributed by atoms with Gasteiger partial charge >= 0.3 is 0 Å². The molecule has 3 nitrogen and oxygen atoms in total. The predicted molar refractivity (Wildman–Crippen MR) is 63.5 cm³/mol. The van der Waals surface area contributed by atoms with E-state index in [4.69, 9.17) is 0 Å². The van der Waals surface area contributed by atoms with Crippen molar-refractivity contribution in [1.29, 1.82) is 0 Å². The second kappa shape index (κ2) is 9.34. The maximum absolute atomic E-state index is 11.4. The molecule has 0 radical (unpaired) electrons. The monoisotopic (exact) mass is 218 g/mol. The van der Waals surface area contributed by atoms with Crippen LogP contribution in [0.3, 0.4) is 0 Å². The number of hydrogen-bond acceptors (Lipinski definition) is 3. The molecule has 0 aliphatic rings. The van der Waals surface area contributed by atoms with Crippen molar-refractivity contribution < 1.29 is 4.79 Å². The molecule has 0 aromatic carbocycles. The zero-order valence-electron chi connectivity index (χ0n) is 9.51. The van der Waals surface area contributed by atoms with Gasteiger partial charge in [-0.3, -0.25) is 9.69 Å². The molecule has 0 heterocycles. The van der Waals surface area contributed by atoms with E-state index in [0.717, 1.165) is 31.8 Å². The van der Waals surface area contributed by atoms with Crippen LogP contribution in [0.5, 0.6) is 0 Å². The maximum Gasteiger partial charge on any atom is 0.234 e. The highest BCUT2D eigenvalue weighted by Gasteiger charge is 2.07. The Morgan fingerprint density at radius 2 is 2.07 bits per heavy atom. The average molecular weight is 218 g/mol. The van der Waals surface area contributed by atoms with Crippen molar-refractivity contribution in [2.75, 3.05) is 31.8 Å². The highest BCUT2D eigenvalue weighted by atomic mass is 32.2. The Morgan fingerprint density at radius 1 is 1.36 bits per heavy atom. The number of hydrogen-bond donors (Lipinski definition) is 1. The van der Waals surface area contributed by atoms with Crippen molar-refractivity contribution in [2.45, 2.75) is 26.7 Å². The van der Waals surface area contributed by atoms with Crippen LogP contribution in [-0.4, -0.2) is 42.6 Å². The predicted octanol–water partition coefficient (Wildman–Crippen LogP) is 1.55. The molecule has 0 aliphatic heterocycles. The van der Waals surface area contributed by atoms with Crippen LogP contribution in [0.2, 0.25) is 0 Å². The summed E-state index contributed by atoms with van der Waals surface area (Å²) in [5.74, 6) is 1.09. The van der Waals surface area contributed by atoms with E-state index in [1.54, 1.807) is 11.8 Å². The van der Waals surface area contributed by atoms with E-state index in [0.29, 0.717) is 6.54 Å². The molecule has 0 bridgehead atoms. The highest BCUT2D eigenvalue weighted by molar-refractivity contribution is 7.98. The third-order valence-electron chi connectivity index (χ3n) is 1.79. The summed E-state index contributed by atoms with van der Waals surface area (Å²) in [5, 5.41) is 2.89. The Balaban J connectivity index is 3.71. The van der Waals surface area contributed by atoms with Gasteiger partial charge in [-0.2, -0.15) is 0 Å². The number of thioether (sulfide) groups is 1. The lowest BCUT2D eigenvalue weighted by Crippen LogP contribution is -2.37. The van der Waals surface area contributed by atoms with E-state index < -0.39 is 0 Å². The van der Waals surface area contributed by atoms with Gasteiger partial charge in [-0.05, 0) is 25.6 Å². The molecule has 0 saturated heterocycles. The van der Waals surface area contributed by atoms with Gasteiger partial charge in [-0.25, -0.2) is 0 Å². The van der Waals surface area contributed by atoms with Crippen molar-refractivity contribution in [1.82, 2.24) is 10.2 Å². The number of nitrogens with zero attached hydrogens (tertiary/aromatic N) is 1. The molecule has 84 valence electrons. The molecule has 0 unspecified atom stereocenters. The fraction of sp³-hybridized carbons (Fsp3) is 0.900. The molecule has 0 rings (SSSR count). The molecule has 1 N–H and O–H groups in total. The van der Waals surface area contributed by atoms with Crippen molar-refractivity contribution in [2.24, 2.45) is 0 Å². The summed E-state index contributed by atoms with van der Waals surface area (Å²) in [7, 11) is 0. The van der Waals surface area contributed by atoms with Crippen molar-refractivity contribution in [3.8, 4) is 0 Å². The summed E-state index contributed by atoms with van der Waals surface area (Å²) in [6.45, 7) is 6.52. The van der Waals surface area contributed by atoms with E-state index in [1.807, 2.05) is 0 Å². The van der Waals surface area contributed by atoms with Gasteiger partial charge in [0.05, 0.1) is 6.54 Å². The third-order valence-corrected chi connectivity index (χ3v) is 2.41. The number of nitrogens with one attached hydrogen (secondary N) is 1. The van der Waals surface area contributed by atoms with Crippen molar-refractivity contribution >= 4 is 17.7 Å². The van der Waals surface area contributed by atoms with E-state index >= 15 is 0 Å². The topological polar surface area (TPSA) is 32.3 Å². The minimum atomic E-state index is 0.148. The van der Waals surface area contributed by atoms with E-state index in [1.165, 1.54) is 0 Å². The first-order valence-corrected chi connectivity index (χ1v) is 6.61. The van der Waals surface area contributed by atoms with Crippen LogP contribution in [-0.2, 0) is 4.79 Å². The van der Waals surface area contributed by atoms with Crippen LogP contribution in [0.4, 0.5) is 0 Å². The fourth-order valence-electron chi connectivity index (χ4n) is 1.21. The average Bonchev–Trinajstić information content (AvgIpc) is 2.15. The number of carbonyl (C=O) groups excluding carboxylic acids is 1. The summed E-state index contributed by atoms with van der Waals surface area (Å²) in [6, 6.07) is 0. The SMILES string of the molecule is CCCNC(=O)CN(CCC)CSC. The fourth-order valence-corrected chi connectivity index (χ4v) is 1.80. The molecule has 14 heavy (non-hydrogen) atoms. The zero-order chi connectivity index (χ0) is 10.8. The van der Waals surface area contributed by atoms with Gasteiger partial charge in [-0.15, -0.1) is 11.8 Å². The minimum absolute atomic E-state index is 0.148. The first kappa shape index (κ1) is 13.8. The van der Waals surface area contributed by atoms with Gasteiger partial charge < -0.3 is 5.32 Å². The van der Waals surface area contributed by atoms with Gasteiger partial charge in [0.1, 0.15) is 0 Å². The van der Waals surface area contributed by atoms with Gasteiger partial charge in [0, 0.05) is 12.4 Å². The molecule has 0 aliphatic carbocycles. The Morgan fingerprint density at radius 3 is 2.57 bits per heavy atom. The van der Waals surface area contributed by atoms with Crippen LogP contribution in [0.1, 0.15) is 26.7 Å². The van der Waals surface area contributed by atoms with Gasteiger partial charge in [-0.1, -0.05) is 13.8 Å². The minimum Gasteiger partial charge on any atom is -0.355 e. The molecule has 4 heteroatoms. The van der Waals surface area contributed by atoms with Crippen LogP contribution in [0, 0.1) is 0 Å². The van der Waals surface area contributed by atoms with Crippen LogP contribution in [0.25, 0.3) is 0 Å². The van der Waals surface area contributed by atoms with Gasteiger partial charge in [0.2, 0.25) is 5.91 Å². The van der Waals surface area contributed by atoms with Crippen molar-refractivity contribution in [3.05, 3.63) is 0 Å². The van der Waals surface area contributed by atoms with Crippen LogP contribution in [0.15, 0.2) is 0 Å². The second-order valence-electron chi connectivity index (χ2n) is 3.32. The standard InChI is InChI=1S/C10H22N2OS/c1-4-6-11-10(13)8-12(7-5-2)9-14-3/h4-9H2,1-3H3,(H,11,13).